The average molecular weight is 750 g/mol. The SMILES string of the molecule is Cc1cc(N)nc(-c2c(Cl)c3c4c(nc(OC[C@@]56CCCN5C[C@H](F)C6)nc4c2F)N2CC4CC[C@H](CN4CC4COC4)[C@H]2[C@H](C)O3)c1C(F)(F)F. The molecule has 0 amide bonds. The maximum absolute atomic E-state index is 17.3. The molecule has 2 bridgehead atoms. The van der Waals surface area contributed by atoms with Gasteiger partial charge in [0.2, 0.25) is 0 Å². The van der Waals surface area contributed by atoms with Crippen LogP contribution in [0.4, 0.5) is 33.6 Å². The average Bonchev–Trinajstić information content (AvgIpc) is 3.40. The van der Waals surface area contributed by atoms with Crippen LogP contribution >= 0.6 is 11.6 Å². The quantitative estimate of drug-likeness (QED) is 0.300. The monoisotopic (exact) mass is 749 g/mol. The lowest BCUT2D eigenvalue weighted by Gasteiger charge is -2.41. The Morgan fingerprint density at radius 1 is 1.13 bits per heavy atom. The summed E-state index contributed by atoms with van der Waals surface area (Å²) in [6.07, 6.45) is -2.59. The lowest BCUT2D eigenvalue weighted by atomic mass is 9.86. The number of halogens is 6. The Morgan fingerprint density at radius 2 is 1.94 bits per heavy atom. The van der Waals surface area contributed by atoms with E-state index in [0.29, 0.717) is 31.2 Å². The third-order valence-electron chi connectivity index (χ3n) is 12.3. The molecule has 0 aliphatic carbocycles. The molecule has 0 radical (unpaired) electrons. The van der Waals surface area contributed by atoms with Gasteiger partial charge in [-0.3, -0.25) is 9.80 Å². The van der Waals surface area contributed by atoms with Crippen LogP contribution in [0.5, 0.6) is 11.8 Å². The molecule has 6 saturated heterocycles. The number of aromatic nitrogens is 3. The normalized spacial score (nSPS) is 30.5. The van der Waals surface area contributed by atoms with E-state index in [-0.39, 0.29) is 63.7 Å². The van der Waals surface area contributed by atoms with Crippen molar-refractivity contribution in [2.45, 2.75) is 82.0 Å². The van der Waals surface area contributed by atoms with E-state index in [9.17, 15) is 17.6 Å². The molecule has 6 atom stereocenters. The van der Waals surface area contributed by atoms with Gasteiger partial charge in [-0.15, -0.1) is 0 Å². The highest BCUT2D eigenvalue weighted by Crippen LogP contribution is 2.53. The second-order valence-corrected chi connectivity index (χ2v) is 16.0. The molecule has 1 unspecified atom stereocenters. The number of piperidine rings is 1. The van der Waals surface area contributed by atoms with Crippen molar-refractivity contribution in [1.82, 2.24) is 24.8 Å². The molecule has 1 aromatic carbocycles. The number of rotatable bonds is 6. The van der Waals surface area contributed by atoms with E-state index >= 15 is 4.39 Å². The summed E-state index contributed by atoms with van der Waals surface area (Å²) in [5.74, 6) is -0.404. The van der Waals surface area contributed by atoms with Gasteiger partial charge in [0.15, 0.2) is 11.6 Å². The minimum atomic E-state index is -4.91. The van der Waals surface area contributed by atoms with E-state index < -0.39 is 46.6 Å². The van der Waals surface area contributed by atoms with Crippen molar-refractivity contribution in [2.75, 3.05) is 63.2 Å². The number of hydrogen-bond donors (Lipinski definition) is 1. The highest BCUT2D eigenvalue weighted by atomic mass is 35.5. The third-order valence-corrected chi connectivity index (χ3v) is 12.7. The fourth-order valence-corrected chi connectivity index (χ4v) is 10.3. The zero-order valence-electron chi connectivity index (χ0n) is 29.0. The van der Waals surface area contributed by atoms with Crippen molar-refractivity contribution in [2.24, 2.45) is 11.8 Å². The molecule has 3 aromatic rings. The highest BCUT2D eigenvalue weighted by molar-refractivity contribution is 6.36. The van der Waals surface area contributed by atoms with Crippen LogP contribution in [-0.4, -0.2) is 107 Å². The Kier molecular flexibility index (Phi) is 8.22. The molecule has 2 aromatic heterocycles. The summed E-state index contributed by atoms with van der Waals surface area (Å²) in [5, 5.41) is -0.207. The van der Waals surface area contributed by atoms with Crippen LogP contribution in [0.25, 0.3) is 22.2 Å². The summed E-state index contributed by atoms with van der Waals surface area (Å²) in [6.45, 7) is 8.07. The van der Waals surface area contributed by atoms with Gasteiger partial charge in [0.25, 0.3) is 0 Å². The molecule has 10 nitrogen and oxygen atoms in total. The number of pyridine rings is 1. The van der Waals surface area contributed by atoms with Gasteiger partial charge >= 0.3 is 12.2 Å². The number of aryl methyl sites for hydroxylation is 1. The lowest BCUT2D eigenvalue weighted by molar-refractivity contribution is -0.137. The van der Waals surface area contributed by atoms with Crippen LogP contribution in [0.15, 0.2) is 6.07 Å². The van der Waals surface area contributed by atoms with Gasteiger partial charge in [-0.25, -0.2) is 13.8 Å². The van der Waals surface area contributed by atoms with Gasteiger partial charge in [0, 0.05) is 44.6 Å². The van der Waals surface area contributed by atoms with E-state index in [2.05, 4.69) is 24.7 Å². The molecule has 0 spiro atoms. The smallest absolute Gasteiger partial charge is 0.418 e. The topological polar surface area (TPSA) is 102 Å². The maximum atomic E-state index is 17.3. The molecule has 280 valence electrons. The number of fused-ring (bicyclic) bond motifs is 3. The van der Waals surface area contributed by atoms with Crippen molar-refractivity contribution in [3.05, 3.63) is 28.0 Å². The number of nitrogens with two attached hydrogens (primary N) is 1. The summed E-state index contributed by atoms with van der Waals surface area (Å²) >= 11 is 6.99. The minimum absolute atomic E-state index is 0.0128. The molecule has 2 N–H and O–H groups in total. The van der Waals surface area contributed by atoms with Crippen LogP contribution in [-0.2, 0) is 10.9 Å². The number of benzene rings is 1. The first-order valence-corrected chi connectivity index (χ1v) is 18.5. The molecule has 7 aliphatic heterocycles. The van der Waals surface area contributed by atoms with Crippen molar-refractivity contribution >= 4 is 34.1 Å². The van der Waals surface area contributed by atoms with Gasteiger partial charge in [-0.05, 0) is 63.6 Å². The molecule has 6 fully saturated rings. The van der Waals surface area contributed by atoms with Crippen molar-refractivity contribution < 1.29 is 36.2 Å². The zero-order chi connectivity index (χ0) is 36.3. The molecule has 9 heterocycles. The van der Waals surface area contributed by atoms with Crippen LogP contribution in [0.1, 0.15) is 50.2 Å². The van der Waals surface area contributed by atoms with Gasteiger partial charge in [0.1, 0.15) is 36.0 Å². The Bertz CT molecular complexity index is 1930. The molecule has 10 rings (SSSR count). The van der Waals surface area contributed by atoms with Gasteiger partial charge in [-0.1, -0.05) is 11.6 Å². The number of anilines is 2. The summed E-state index contributed by atoms with van der Waals surface area (Å²) in [6, 6.07) is 0.889. The van der Waals surface area contributed by atoms with Crippen molar-refractivity contribution in [3.63, 3.8) is 0 Å². The van der Waals surface area contributed by atoms with Crippen LogP contribution < -0.4 is 20.1 Å². The first-order valence-electron chi connectivity index (χ1n) is 18.2. The van der Waals surface area contributed by atoms with Crippen LogP contribution in [0.2, 0.25) is 5.02 Å². The molecule has 52 heavy (non-hydrogen) atoms. The first-order chi connectivity index (χ1) is 24.8. The molecule has 0 saturated carbocycles. The maximum Gasteiger partial charge on any atom is 0.418 e. The van der Waals surface area contributed by atoms with Crippen LogP contribution in [0, 0.1) is 24.6 Å². The molecule has 16 heteroatoms. The summed E-state index contributed by atoms with van der Waals surface area (Å²) in [7, 11) is 0. The minimum Gasteiger partial charge on any atom is -0.486 e. The van der Waals surface area contributed by atoms with E-state index in [1.165, 1.54) is 6.92 Å². The Hall–Kier alpha value is -3.27. The van der Waals surface area contributed by atoms with E-state index in [4.69, 9.17) is 36.5 Å². The summed E-state index contributed by atoms with van der Waals surface area (Å²) < 4.78 is 94.2. The predicted octanol–water partition coefficient (Wildman–Crippen LogP) is 6.05. The summed E-state index contributed by atoms with van der Waals surface area (Å²) in [5.41, 5.74) is 2.37. The first kappa shape index (κ1) is 34.5. The zero-order valence-corrected chi connectivity index (χ0v) is 29.7. The lowest BCUT2D eigenvalue weighted by Crippen LogP contribution is -2.50. The number of ether oxygens (including phenoxy) is 3. The Morgan fingerprint density at radius 3 is 2.69 bits per heavy atom. The van der Waals surface area contributed by atoms with E-state index in [1.807, 2.05) is 6.92 Å². The Labute approximate surface area is 302 Å². The fraction of sp³-hybridized carbons (Fsp3) is 0.639. The second-order valence-electron chi connectivity index (χ2n) is 15.6. The molecular weight excluding hydrogens is 709 g/mol. The van der Waals surface area contributed by atoms with Gasteiger partial charge < -0.3 is 24.8 Å². The number of hydrogen-bond acceptors (Lipinski definition) is 10. The van der Waals surface area contributed by atoms with Gasteiger partial charge in [0.05, 0.1) is 52.0 Å². The number of alkyl halides is 4. The molecular formula is C36H41ClF5N7O3. The number of nitrogen functional groups attached to an aromatic ring is 1. The number of nitrogens with zero attached hydrogens (tertiary/aromatic N) is 6. The van der Waals surface area contributed by atoms with Crippen molar-refractivity contribution in [1.29, 1.82) is 0 Å². The largest absolute Gasteiger partial charge is 0.486 e. The van der Waals surface area contributed by atoms with Crippen LogP contribution in [0.3, 0.4) is 0 Å². The molecule has 7 aliphatic rings. The standard InChI is InChI=1S/C36H41ClF5N7O3/c1-17-8-23(43)44-29(26(17)36(40,41)42)24-27(37)32-25-30(28(24)39)45-34(51-16-35-6-3-7-48(35)12-21(38)9-35)46-33(25)49-13-22-5-4-20(31(49)18(2)52-32)11-47(22)10-19-14-50-15-19/h8,18-22,31H,3-7,9-16H2,1-2H3,(H2,43,44)/t18-,20+,21+,22?,31+,35-/m0/s1. The highest BCUT2D eigenvalue weighted by Gasteiger charge is 2.51. The second kappa shape index (κ2) is 12.4. The predicted molar refractivity (Wildman–Crippen MR) is 184 cm³/mol. The van der Waals surface area contributed by atoms with Crippen molar-refractivity contribution in [3.8, 4) is 23.0 Å². The van der Waals surface area contributed by atoms with Gasteiger partial charge in [-0.2, -0.15) is 23.1 Å². The van der Waals surface area contributed by atoms with E-state index in [1.54, 1.807) is 0 Å². The fourth-order valence-electron chi connectivity index (χ4n) is 9.99. The Balaban J connectivity index is 1.23. The third kappa shape index (κ3) is 5.46. The van der Waals surface area contributed by atoms with E-state index in [0.717, 1.165) is 64.6 Å². The summed E-state index contributed by atoms with van der Waals surface area (Å²) in [4.78, 5) is 20.3.